The van der Waals surface area contributed by atoms with E-state index in [9.17, 15) is 0 Å². The fourth-order valence-electron chi connectivity index (χ4n) is 1.52. The van der Waals surface area contributed by atoms with Gasteiger partial charge in [0.2, 0.25) is 0 Å². The van der Waals surface area contributed by atoms with Crippen molar-refractivity contribution in [3.8, 4) is 5.75 Å². The van der Waals surface area contributed by atoms with Crippen LogP contribution in [0.2, 0.25) is 0 Å². The predicted molar refractivity (Wildman–Crippen MR) is 77.7 cm³/mol. The van der Waals surface area contributed by atoms with Gasteiger partial charge in [-0.1, -0.05) is 38.2 Å². The van der Waals surface area contributed by atoms with Gasteiger partial charge < -0.3 is 15.6 Å². The van der Waals surface area contributed by atoms with Crippen molar-refractivity contribution in [1.82, 2.24) is 0 Å². The van der Waals surface area contributed by atoms with Gasteiger partial charge in [-0.15, -0.1) is 0 Å². The van der Waals surface area contributed by atoms with Gasteiger partial charge in [-0.2, -0.15) is 0 Å². The molecule has 0 radical (unpaired) electrons. The van der Waals surface area contributed by atoms with Gasteiger partial charge in [0.1, 0.15) is 5.75 Å². The molecular formula is C14H21NO2S. The number of benzene rings is 1. The molecular weight excluding hydrogens is 246 g/mol. The number of hydrogen-bond acceptors (Lipinski definition) is 3. The molecule has 0 aliphatic rings. The second-order valence-electron chi connectivity index (χ2n) is 5.00. The molecule has 0 saturated heterocycles. The first-order valence-electron chi connectivity index (χ1n) is 6.08. The Labute approximate surface area is 114 Å². The van der Waals surface area contributed by atoms with Crippen molar-refractivity contribution >= 4 is 17.2 Å². The zero-order chi connectivity index (χ0) is 13.6. The Hall–Kier alpha value is -1.13. The van der Waals surface area contributed by atoms with Crippen LogP contribution in [0.25, 0.3) is 0 Å². The van der Waals surface area contributed by atoms with Crippen LogP contribution in [0, 0.1) is 5.41 Å². The number of nitrogens with two attached hydrogens (primary N) is 1. The molecule has 18 heavy (non-hydrogen) atoms. The summed E-state index contributed by atoms with van der Waals surface area (Å²) in [7, 11) is 0. The highest BCUT2D eigenvalue weighted by molar-refractivity contribution is 7.80. The minimum atomic E-state index is -0.112. The Kier molecular flexibility index (Phi) is 5.56. The fourth-order valence-corrected chi connectivity index (χ4v) is 1.62. The molecule has 0 unspecified atom stereocenters. The number of rotatable bonds is 7. The lowest BCUT2D eigenvalue weighted by atomic mass is 9.88. The highest BCUT2D eigenvalue weighted by atomic mass is 32.1. The summed E-state index contributed by atoms with van der Waals surface area (Å²) in [6, 6.07) is 7.44. The van der Waals surface area contributed by atoms with Crippen LogP contribution in [-0.4, -0.2) is 16.7 Å². The minimum Gasteiger partial charge on any atom is -0.494 e. The number of ether oxygens (including phenoxy) is 1. The van der Waals surface area contributed by atoms with Crippen LogP contribution in [-0.2, 0) is 6.61 Å². The second-order valence-corrected chi connectivity index (χ2v) is 5.44. The third-order valence-electron chi connectivity index (χ3n) is 2.99. The quantitative estimate of drug-likeness (QED) is 0.589. The lowest BCUT2D eigenvalue weighted by Crippen LogP contribution is -2.30. The maximum atomic E-state index is 8.92. The Bertz CT molecular complexity index is 387. The molecule has 0 heterocycles. The van der Waals surface area contributed by atoms with Gasteiger partial charge in [-0.25, -0.2) is 0 Å². The molecule has 0 amide bonds. The van der Waals surface area contributed by atoms with Crippen molar-refractivity contribution in [2.24, 2.45) is 11.1 Å². The van der Waals surface area contributed by atoms with E-state index in [1.165, 1.54) is 0 Å². The largest absolute Gasteiger partial charge is 0.494 e. The van der Waals surface area contributed by atoms with Crippen LogP contribution in [0.5, 0.6) is 5.75 Å². The van der Waals surface area contributed by atoms with Crippen molar-refractivity contribution < 1.29 is 9.84 Å². The summed E-state index contributed by atoms with van der Waals surface area (Å²) in [5.41, 5.74) is 6.44. The average molecular weight is 267 g/mol. The molecule has 3 N–H and O–H groups in total. The third-order valence-corrected chi connectivity index (χ3v) is 3.54. The first kappa shape index (κ1) is 14.9. The van der Waals surface area contributed by atoms with Crippen LogP contribution < -0.4 is 10.5 Å². The summed E-state index contributed by atoms with van der Waals surface area (Å²) < 4.78 is 5.61. The van der Waals surface area contributed by atoms with Crippen molar-refractivity contribution in [2.45, 2.75) is 33.3 Å². The standard InChI is InChI=1S/C14H21NO2S/c1-14(2,13(15)18)8-3-9-17-12-6-4-11(10-16)5-7-12/h4-7,16H,3,8-10H2,1-2H3,(H2,15,18). The lowest BCUT2D eigenvalue weighted by molar-refractivity contribution is 0.279. The third kappa shape index (κ3) is 4.63. The van der Waals surface area contributed by atoms with Crippen molar-refractivity contribution in [1.29, 1.82) is 0 Å². The molecule has 3 nitrogen and oxygen atoms in total. The molecule has 0 fully saturated rings. The topological polar surface area (TPSA) is 55.5 Å². The first-order chi connectivity index (χ1) is 8.45. The number of aliphatic hydroxyl groups is 1. The highest BCUT2D eigenvalue weighted by Gasteiger charge is 2.20. The van der Waals surface area contributed by atoms with Gasteiger partial charge in [0.15, 0.2) is 0 Å². The summed E-state index contributed by atoms with van der Waals surface area (Å²) in [4.78, 5) is 0.551. The van der Waals surface area contributed by atoms with E-state index in [1.807, 2.05) is 38.1 Å². The van der Waals surface area contributed by atoms with Crippen LogP contribution in [0.4, 0.5) is 0 Å². The molecule has 0 atom stereocenters. The molecule has 0 bridgehead atoms. The van der Waals surface area contributed by atoms with E-state index in [-0.39, 0.29) is 12.0 Å². The molecule has 0 aromatic heterocycles. The molecule has 0 saturated carbocycles. The highest BCUT2D eigenvalue weighted by Crippen LogP contribution is 2.22. The molecule has 100 valence electrons. The van der Waals surface area contributed by atoms with Crippen molar-refractivity contribution in [3.05, 3.63) is 29.8 Å². The molecule has 0 spiro atoms. The van der Waals surface area contributed by atoms with Gasteiger partial charge in [0.05, 0.1) is 18.2 Å². The van der Waals surface area contributed by atoms with Gasteiger partial charge in [-0.05, 0) is 30.5 Å². The smallest absolute Gasteiger partial charge is 0.119 e. The normalized spacial score (nSPS) is 11.3. The van der Waals surface area contributed by atoms with E-state index in [1.54, 1.807) is 0 Å². The summed E-state index contributed by atoms with van der Waals surface area (Å²) in [6.45, 7) is 4.80. The number of hydrogen-bond donors (Lipinski definition) is 2. The van der Waals surface area contributed by atoms with Crippen LogP contribution in [0.3, 0.4) is 0 Å². The Morgan fingerprint density at radius 2 is 1.94 bits per heavy atom. The van der Waals surface area contributed by atoms with Crippen LogP contribution in [0.15, 0.2) is 24.3 Å². The summed E-state index contributed by atoms with van der Waals surface area (Å²) >= 11 is 5.02. The first-order valence-corrected chi connectivity index (χ1v) is 6.49. The summed E-state index contributed by atoms with van der Waals surface area (Å²) in [5, 5.41) is 8.92. The maximum absolute atomic E-state index is 8.92. The van der Waals surface area contributed by atoms with Crippen molar-refractivity contribution in [3.63, 3.8) is 0 Å². The predicted octanol–water partition coefficient (Wildman–Crippen LogP) is 2.65. The molecule has 4 heteroatoms. The zero-order valence-electron chi connectivity index (χ0n) is 11.0. The van der Waals surface area contributed by atoms with E-state index >= 15 is 0 Å². The molecule has 0 aliphatic carbocycles. The lowest BCUT2D eigenvalue weighted by Gasteiger charge is -2.22. The van der Waals surface area contributed by atoms with E-state index < -0.39 is 0 Å². The Morgan fingerprint density at radius 3 is 2.44 bits per heavy atom. The SMILES string of the molecule is CC(C)(CCCOc1ccc(CO)cc1)C(N)=S. The number of thiocarbonyl (C=S) groups is 1. The van der Waals surface area contributed by atoms with Crippen LogP contribution >= 0.6 is 12.2 Å². The molecule has 1 aromatic rings. The maximum Gasteiger partial charge on any atom is 0.119 e. The summed E-state index contributed by atoms with van der Waals surface area (Å²) in [6.07, 6.45) is 1.82. The molecule has 1 aromatic carbocycles. The average Bonchev–Trinajstić information content (AvgIpc) is 2.35. The Balaban J connectivity index is 2.31. The van der Waals surface area contributed by atoms with Crippen LogP contribution in [0.1, 0.15) is 32.3 Å². The monoisotopic (exact) mass is 267 g/mol. The van der Waals surface area contributed by atoms with Crippen molar-refractivity contribution in [2.75, 3.05) is 6.61 Å². The van der Waals surface area contributed by atoms with Gasteiger partial charge in [0.25, 0.3) is 0 Å². The number of aliphatic hydroxyl groups excluding tert-OH is 1. The van der Waals surface area contributed by atoms with Gasteiger partial charge in [0, 0.05) is 5.41 Å². The van der Waals surface area contributed by atoms with E-state index in [0.29, 0.717) is 11.6 Å². The van der Waals surface area contributed by atoms with Gasteiger partial charge >= 0.3 is 0 Å². The van der Waals surface area contributed by atoms with Gasteiger partial charge in [-0.3, -0.25) is 0 Å². The Morgan fingerprint density at radius 1 is 1.33 bits per heavy atom. The van der Waals surface area contributed by atoms with E-state index in [4.69, 9.17) is 27.8 Å². The zero-order valence-corrected chi connectivity index (χ0v) is 11.8. The van der Waals surface area contributed by atoms with E-state index in [2.05, 4.69) is 0 Å². The van der Waals surface area contributed by atoms with E-state index in [0.717, 1.165) is 24.2 Å². The molecule has 0 aliphatic heterocycles. The summed E-state index contributed by atoms with van der Waals surface area (Å²) in [5.74, 6) is 0.820. The fraction of sp³-hybridized carbons (Fsp3) is 0.500. The second kappa shape index (κ2) is 6.71. The molecule has 1 rings (SSSR count). The minimum absolute atomic E-state index is 0.0580.